The summed E-state index contributed by atoms with van der Waals surface area (Å²) in [6, 6.07) is 7.12. The van der Waals surface area contributed by atoms with Crippen molar-refractivity contribution in [2.24, 2.45) is 0 Å². The highest BCUT2D eigenvalue weighted by molar-refractivity contribution is 6.27. The number of halogens is 1. The molecule has 3 rings (SSSR count). The zero-order chi connectivity index (χ0) is 24.2. The van der Waals surface area contributed by atoms with Crippen LogP contribution in [0.5, 0.6) is 5.75 Å². The normalized spacial score (nSPS) is 17.5. The van der Waals surface area contributed by atoms with Gasteiger partial charge in [-0.3, -0.25) is 9.59 Å². The van der Waals surface area contributed by atoms with Gasteiger partial charge in [0.1, 0.15) is 17.7 Å². The van der Waals surface area contributed by atoms with Crippen LogP contribution in [0.25, 0.3) is 0 Å². The average molecular weight is 489 g/mol. The van der Waals surface area contributed by atoms with Crippen molar-refractivity contribution in [2.75, 3.05) is 19.0 Å². The maximum Gasteiger partial charge on any atom is 0.247 e. The van der Waals surface area contributed by atoms with Crippen LogP contribution in [0.3, 0.4) is 0 Å². The maximum atomic E-state index is 13.6. The Morgan fingerprint density at radius 1 is 1.12 bits per heavy atom. The third-order valence-electron chi connectivity index (χ3n) is 6.97. The van der Waals surface area contributed by atoms with Crippen LogP contribution >= 0.6 is 11.6 Å². The lowest BCUT2D eigenvalue weighted by molar-refractivity contribution is -0.139. The van der Waals surface area contributed by atoms with E-state index in [9.17, 15) is 9.59 Å². The van der Waals surface area contributed by atoms with Crippen molar-refractivity contribution < 1.29 is 14.3 Å². The summed E-state index contributed by atoms with van der Waals surface area (Å²) in [6.07, 6.45) is 15.3. The molecule has 2 aliphatic carbocycles. The van der Waals surface area contributed by atoms with E-state index < -0.39 is 6.04 Å². The Morgan fingerprint density at radius 2 is 1.88 bits per heavy atom. The summed E-state index contributed by atoms with van der Waals surface area (Å²) in [5.74, 6) is 0.337. The molecular formula is C28H41ClN2O3. The molecule has 2 amide bonds. The minimum absolute atomic E-state index is 0.109. The Morgan fingerprint density at radius 3 is 2.53 bits per heavy atom. The molecule has 0 aliphatic heterocycles. The lowest BCUT2D eigenvalue weighted by atomic mass is 9.94. The average Bonchev–Trinajstić information content (AvgIpc) is 2.88. The highest BCUT2D eigenvalue weighted by Crippen LogP contribution is 2.28. The molecule has 0 saturated heterocycles. The molecule has 0 radical (unpaired) electrons. The molecule has 1 fully saturated rings. The summed E-state index contributed by atoms with van der Waals surface area (Å²) < 4.78 is 5.81. The predicted molar refractivity (Wildman–Crippen MR) is 138 cm³/mol. The quantitative estimate of drug-likeness (QED) is 0.213. The molecule has 0 heterocycles. The van der Waals surface area contributed by atoms with Gasteiger partial charge in [-0.25, -0.2) is 0 Å². The van der Waals surface area contributed by atoms with Crippen molar-refractivity contribution >= 4 is 23.4 Å². The molecule has 34 heavy (non-hydrogen) atoms. The second-order valence-corrected chi connectivity index (χ2v) is 9.86. The van der Waals surface area contributed by atoms with Crippen LogP contribution in [0.4, 0.5) is 0 Å². The second kappa shape index (κ2) is 14.4. The van der Waals surface area contributed by atoms with Crippen molar-refractivity contribution in [1.29, 1.82) is 0 Å². The van der Waals surface area contributed by atoms with Crippen molar-refractivity contribution in [3.63, 3.8) is 0 Å². The predicted octanol–water partition coefficient (Wildman–Crippen LogP) is 6.31. The van der Waals surface area contributed by atoms with Gasteiger partial charge in [0, 0.05) is 12.6 Å². The van der Waals surface area contributed by atoms with E-state index in [0.29, 0.717) is 13.2 Å². The summed E-state index contributed by atoms with van der Waals surface area (Å²) in [6.45, 7) is 3.30. The van der Waals surface area contributed by atoms with Crippen molar-refractivity contribution in [1.82, 2.24) is 10.2 Å². The van der Waals surface area contributed by atoms with Crippen LogP contribution in [-0.2, 0) is 9.59 Å². The molecule has 1 aromatic rings. The number of hydrogen-bond acceptors (Lipinski definition) is 3. The monoisotopic (exact) mass is 488 g/mol. The largest absolute Gasteiger partial charge is 0.494 e. The zero-order valence-corrected chi connectivity index (χ0v) is 21.5. The molecule has 1 aromatic carbocycles. The third-order valence-corrected chi connectivity index (χ3v) is 7.20. The van der Waals surface area contributed by atoms with Gasteiger partial charge in [0.15, 0.2) is 0 Å². The minimum atomic E-state index is -0.693. The van der Waals surface area contributed by atoms with E-state index in [0.717, 1.165) is 69.1 Å². The van der Waals surface area contributed by atoms with Crippen LogP contribution in [0.2, 0.25) is 0 Å². The Labute approximate surface area is 210 Å². The van der Waals surface area contributed by atoms with Gasteiger partial charge in [0.2, 0.25) is 11.8 Å². The number of nitrogens with zero attached hydrogens (tertiary/aromatic N) is 1. The van der Waals surface area contributed by atoms with Gasteiger partial charge in [-0.05, 0) is 69.1 Å². The molecule has 0 bridgehead atoms. The second-order valence-electron chi connectivity index (χ2n) is 9.60. The van der Waals surface area contributed by atoms with Crippen molar-refractivity contribution in [3.05, 3.63) is 41.5 Å². The minimum Gasteiger partial charge on any atom is -0.494 e. The molecule has 1 unspecified atom stereocenters. The van der Waals surface area contributed by atoms with Crippen LogP contribution < -0.4 is 10.1 Å². The van der Waals surface area contributed by atoms with Gasteiger partial charge in [0.25, 0.3) is 0 Å². The van der Waals surface area contributed by atoms with E-state index in [1.807, 2.05) is 24.3 Å². The highest BCUT2D eigenvalue weighted by atomic mass is 35.5. The van der Waals surface area contributed by atoms with E-state index in [-0.39, 0.29) is 23.7 Å². The van der Waals surface area contributed by atoms with Crippen LogP contribution in [0.1, 0.15) is 95.6 Å². The molecule has 6 heteroatoms. The SMILES string of the molecule is CCCCOc1ccc(C(C(=O)NC2CCCCC2)N(CCC2=CCCCC2)C(=O)CCl)cc1. The highest BCUT2D eigenvalue weighted by Gasteiger charge is 2.32. The molecular weight excluding hydrogens is 448 g/mol. The molecule has 1 atom stereocenters. The number of nitrogens with one attached hydrogen (secondary N) is 1. The Bertz CT molecular complexity index is 802. The number of carbonyl (C=O) groups is 2. The molecule has 5 nitrogen and oxygen atoms in total. The van der Waals surface area contributed by atoms with Gasteiger partial charge in [-0.2, -0.15) is 0 Å². The van der Waals surface area contributed by atoms with Crippen LogP contribution in [0.15, 0.2) is 35.9 Å². The lowest BCUT2D eigenvalue weighted by Crippen LogP contribution is -2.47. The van der Waals surface area contributed by atoms with Gasteiger partial charge in [0.05, 0.1) is 6.61 Å². The molecule has 1 saturated carbocycles. The first-order valence-electron chi connectivity index (χ1n) is 13.2. The van der Waals surface area contributed by atoms with Crippen molar-refractivity contribution in [2.45, 2.75) is 96.1 Å². The van der Waals surface area contributed by atoms with Gasteiger partial charge < -0.3 is 15.0 Å². The van der Waals surface area contributed by atoms with E-state index in [1.165, 1.54) is 24.8 Å². The van der Waals surface area contributed by atoms with Crippen LogP contribution in [0, 0.1) is 0 Å². The van der Waals surface area contributed by atoms with Gasteiger partial charge in [-0.1, -0.05) is 56.4 Å². The number of rotatable bonds is 12. The summed E-state index contributed by atoms with van der Waals surface area (Å²) in [5, 5.41) is 3.25. The standard InChI is InChI=1S/C28H41ClN2O3/c1-2-3-20-34-25-16-14-23(15-17-25)27(28(33)30-24-12-8-5-9-13-24)31(26(32)21-29)19-18-22-10-6-4-7-11-22/h10,14-17,24,27H,2-9,11-13,18-21H2,1H3,(H,30,33). The summed E-state index contributed by atoms with van der Waals surface area (Å²) in [7, 11) is 0. The number of alkyl halides is 1. The number of carbonyl (C=O) groups excluding carboxylic acids is 2. The number of benzene rings is 1. The third kappa shape index (κ3) is 8.04. The fourth-order valence-corrected chi connectivity index (χ4v) is 5.10. The summed E-state index contributed by atoms with van der Waals surface area (Å²) >= 11 is 6.03. The van der Waals surface area contributed by atoms with Crippen LogP contribution in [-0.4, -0.2) is 41.8 Å². The number of unbranched alkanes of at least 4 members (excludes halogenated alkanes) is 1. The number of ether oxygens (including phenoxy) is 1. The molecule has 0 spiro atoms. The van der Waals surface area contributed by atoms with E-state index >= 15 is 0 Å². The Hall–Kier alpha value is -2.01. The van der Waals surface area contributed by atoms with Gasteiger partial charge >= 0.3 is 0 Å². The fourth-order valence-electron chi connectivity index (χ4n) is 4.95. The lowest BCUT2D eigenvalue weighted by Gasteiger charge is -2.33. The molecule has 2 aliphatic rings. The van der Waals surface area contributed by atoms with Crippen molar-refractivity contribution in [3.8, 4) is 5.75 Å². The van der Waals surface area contributed by atoms with Gasteiger partial charge in [-0.15, -0.1) is 11.6 Å². The number of hydrogen-bond donors (Lipinski definition) is 1. The van der Waals surface area contributed by atoms with E-state index in [1.54, 1.807) is 4.90 Å². The topological polar surface area (TPSA) is 58.6 Å². The Balaban J connectivity index is 1.81. The molecule has 0 aromatic heterocycles. The smallest absolute Gasteiger partial charge is 0.247 e. The number of amides is 2. The van der Waals surface area contributed by atoms with E-state index in [2.05, 4.69) is 18.3 Å². The first kappa shape index (κ1) is 26.6. The zero-order valence-electron chi connectivity index (χ0n) is 20.7. The Kier molecular flexibility index (Phi) is 11.3. The first-order valence-corrected chi connectivity index (χ1v) is 13.7. The van der Waals surface area contributed by atoms with E-state index in [4.69, 9.17) is 16.3 Å². The molecule has 188 valence electrons. The molecule has 1 N–H and O–H groups in total. The summed E-state index contributed by atoms with van der Waals surface area (Å²) in [5.41, 5.74) is 2.18. The first-order chi connectivity index (χ1) is 16.6. The summed E-state index contributed by atoms with van der Waals surface area (Å²) in [4.78, 5) is 28.3. The fraction of sp³-hybridized carbons (Fsp3) is 0.643. The maximum absolute atomic E-state index is 13.6. The number of allylic oxidation sites excluding steroid dienone is 1.